The Morgan fingerprint density at radius 1 is 1.22 bits per heavy atom. The maximum Gasteiger partial charge on any atom is 0.139 e. The fourth-order valence-corrected chi connectivity index (χ4v) is 2.27. The highest BCUT2D eigenvalue weighted by Gasteiger charge is 2.29. The summed E-state index contributed by atoms with van der Waals surface area (Å²) in [5.41, 5.74) is 1.60. The molecule has 0 amide bonds. The molecule has 1 aromatic carbocycles. The minimum absolute atomic E-state index is 0.0936. The van der Waals surface area contributed by atoms with E-state index in [0.717, 1.165) is 16.7 Å². The molecule has 0 N–H and O–H groups in total. The molecule has 0 saturated heterocycles. The first-order valence-corrected chi connectivity index (χ1v) is 7.56. The lowest BCUT2D eigenvalue weighted by molar-refractivity contribution is -0.121. The van der Waals surface area contributed by atoms with E-state index in [1.54, 1.807) is 17.9 Å². The molecule has 0 spiro atoms. The summed E-state index contributed by atoms with van der Waals surface area (Å²) in [5, 5.41) is 13.6. The van der Waals surface area contributed by atoms with Gasteiger partial charge in [0.05, 0.1) is 18.0 Å². The van der Waals surface area contributed by atoms with E-state index in [0.29, 0.717) is 6.54 Å². The van der Waals surface area contributed by atoms with Crippen molar-refractivity contribution in [3.63, 3.8) is 0 Å². The minimum Gasteiger partial charge on any atom is -0.299 e. The second kappa shape index (κ2) is 5.96. The standard InChI is InChI=1S/C18H22N4O/c1-13(23)18(4,5)16-7-14(9-22-12-20-11-21-22)6-15(8-16)17(2,3)10-19/h6-8,11-12H,9H2,1-5H3. The molecule has 2 aromatic rings. The number of carbonyl (C=O) groups excluding carboxylic acids is 1. The maximum absolute atomic E-state index is 12.0. The van der Waals surface area contributed by atoms with Crippen LogP contribution in [-0.2, 0) is 22.2 Å². The van der Waals surface area contributed by atoms with Crippen LogP contribution in [0.1, 0.15) is 51.3 Å². The van der Waals surface area contributed by atoms with Crippen LogP contribution in [0.4, 0.5) is 0 Å². The highest BCUT2D eigenvalue weighted by atomic mass is 16.1. The van der Waals surface area contributed by atoms with Crippen LogP contribution >= 0.6 is 0 Å². The summed E-state index contributed by atoms with van der Waals surface area (Å²) in [6, 6.07) is 8.32. The Morgan fingerprint density at radius 3 is 2.39 bits per heavy atom. The third-order valence-corrected chi connectivity index (χ3v) is 4.41. The molecule has 5 heteroatoms. The van der Waals surface area contributed by atoms with Crippen molar-refractivity contribution in [2.24, 2.45) is 0 Å². The smallest absolute Gasteiger partial charge is 0.139 e. The number of nitrogens with zero attached hydrogens (tertiary/aromatic N) is 4. The SMILES string of the molecule is CC(=O)C(C)(C)c1cc(Cn2cncn2)cc(C(C)(C)C#N)c1. The van der Waals surface area contributed by atoms with Gasteiger partial charge in [0, 0.05) is 5.41 Å². The van der Waals surface area contributed by atoms with Crippen molar-refractivity contribution in [3.05, 3.63) is 47.5 Å². The molecule has 0 bridgehead atoms. The number of aromatic nitrogens is 3. The Hall–Kier alpha value is -2.48. The van der Waals surface area contributed by atoms with E-state index in [-0.39, 0.29) is 5.78 Å². The van der Waals surface area contributed by atoms with Gasteiger partial charge in [0.15, 0.2) is 0 Å². The summed E-state index contributed by atoms with van der Waals surface area (Å²) in [4.78, 5) is 16.0. The fourth-order valence-electron chi connectivity index (χ4n) is 2.27. The number of ketones is 1. The Bertz CT molecular complexity index is 752. The van der Waals surface area contributed by atoms with E-state index in [1.807, 2.05) is 45.9 Å². The summed E-state index contributed by atoms with van der Waals surface area (Å²) in [6.45, 7) is 9.73. The van der Waals surface area contributed by atoms with Gasteiger partial charge >= 0.3 is 0 Å². The lowest BCUT2D eigenvalue weighted by Gasteiger charge is -2.26. The number of benzene rings is 1. The van der Waals surface area contributed by atoms with E-state index in [2.05, 4.69) is 16.2 Å². The zero-order valence-corrected chi connectivity index (χ0v) is 14.3. The fraction of sp³-hybridized carbons (Fsp3) is 0.444. The van der Waals surface area contributed by atoms with Gasteiger partial charge in [0.1, 0.15) is 18.4 Å². The Balaban J connectivity index is 2.57. The predicted octanol–water partition coefficient (Wildman–Crippen LogP) is 2.99. The van der Waals surface area contributed by atoms with Crippen molar-refractivity contribution in [2.75, 3.05) is 0 Å². The predicted molar refractivity (Wildman–Crippen MR) is 87.9 cm³/mol. The largest absolute Gasteiger partial charge is 0.299 e. The first kappa shape index (κ1) is 16.9. The number of hydrogen-bond acceptors (Lipinski definition) is 4. The summed E-state index contributed by atoms with van der Waals surface area (Å²) >= 11 is 0. The highest BCUT2D eigenvalue weighted by Crippen LogP contribution is 2.31. The van der Waals surface area contributed by atoms with Crippen LogP contribution in [-0.4, -0.2) is 20.5 Å². The number of Topliss-reactive ketones (excluding diaryl/α,β-unsaturated/α-hetero) is 1. The average molecular weight is 310 g/mol. The van der Waals surface area contributed by atoms with Crippen LogP contribution in [0.5, 0.6) is 0 Å². The van der Waals surface area contributed by atoms with E-state index in [9.17, 15) is 10.1 Å². The normalized spacial score (nSPS) is 12.0. The summed E-state index contributed by atoms with van der Waals surface area (Å²) in [7, 11) is 0. The second-order valence-corrected chi connectivity index (χ2v) is 6.93. The summed E-state index contributed by atoms with van der Waals surface area (Å²) in [5.74, 6) is 0.0936. The first-order valence-electron chi connectivity index (χ1n) is 7.56. The number of carbonyl (C=O) groups is 1. The molecule has 120 valence electrons. The van der Waals surface area contributed by atoms with Crippen molar-refractivity contribution >= 4 is 5.78 Å². The molecule has 0 aliphatic heterocycles. The van der Waals surface area contributed by atoms with Crippen molar-refractivity contribution in [1.82, 2.24) is 14.8 Å². The molecule has 0 aliphatic carbocycles. The maximum atomic E-state index is 12.0. The van der Waals surface area contributed by atoms with Crippen molar-refractivity contribution in [2.45, 2.75) is 52.0 Å². The van der Waals surface area contributed by atoms with Crippen molar-refractivity contribution < 1.29 is 4.79 Å². The molecule has 1 heterocycles. The van der Waals surface area contributed by atoms with Gasteiger partial charge < -0.3 is 0 Å². The highest BCUT2D eigenvalue weighted by molar-refractivity contribution is 5.87. The van der Waals surface area contributed by atoms with Crippen LogP contribution < -0.4 is 0 Å². The number of rotatable bonds is 5. The lowest BCUT2D eigenvalue weighted by Crippen LogP contribution is -2.28. The van der Waals surface area contributed by atoms with Gasteiger partial charge in [-0.25, -0.2) is 9.67 Å². The van der Waals surface area contributed by atoms with E-state index < -0.39 is 10.8 Å². The van der Waals surface area contributed by atoms with Gasteiger partial charge in [-0.15, -0.1) is 0 Å². The second-order valence-electron chi connectivity index (χ2n) is 6.93. The van der Waals surface area contributed by atoms with Gasteiger partial charge in [-0.3, -0.25) is 4.79 Å². The van der Waals surface area contributed by atoms with Crippen LogP contribution in [0.25, 0.3) is 0 Å². The monoisotopic (exact) mass is 310 g/mol. The Labute approximate surface area is 137 Å². The molecule has 0 unspecified atom stereocenters. The molecule has 1 aromatic heterocycles. The van der Waals surface area contributed by atoms with Gasteiger partial charge in [-0.2, -0.15) is 10.4 Å². The molecule has 0 radical (unpaired) electrons. The quantitative estimate of drug-likeness (QED) is 0.851. The molecule has 0 saturated carbocycles. The number of hydrogen-bond donors (Lipinski definition) is 0. The van der Waals surface area contributed by atoms with Gasteiger partial charge in [0.25, 0.3) is 0 Å². The molecule has 2 rings (SSSR count). The van der Waals surface area contributed by atoms with Crippen molar-refractivity contribution in [1.29, 1.82) is 5.26 Å². The average Bonchev–Trinajstić information content (AvgIpc) is 2.99. The minimum atomic E-state index is -0.625. The molecule has 23 heavy (non-hydrogen) atoms. The molecular formula is C18H22N4O. The number of nitriles is 1. The molecule has 5 nitrogen and oxygen atoms in total. The molecular weight excluding hydrogens is 288 g/mol. The summed E-state index contributed by atoms with van der Waals surface area (Å²) < 4.78 is 1.73. The van der Waals surface area contributed by atoms with Crippen LogP contribution in [0, 0.1) is 11.3 Å². The molecule has 0 atom stereocenters. The third-order valence-electron chi connectivity index (χ3n) is 4.41. The van der Waals surface area contributed by atoms with E-state index in [4.69, 9.17) is 0 Å². The van der Waals surface area contributed by atoms with Gasteiger partial charge in [-0.05, 0) is 51.3 Å². The lowest BCUT2D eigenvalue weighted by atomic mass is 9.76. The molecule has 0 aliphatic rings. The third kappa shape index (κ3) is 3.48. The Kier molecular flexibility index (Phi) is 4.37. The topological polar surface area (TPSA) is 71.6 Å². The summed E-state index contributed by atoms with van der Waals surface area (Å²) in [6.07, 6.45) is 3.14. The van der Waals surface area contributed by atoms with Crippen LogP contribution in [0.3, 0.4) is 0 Å². The molecule has 0 fully saturated rings. The van der Waals surface area contributed by atoms with Crippen LogP contribution in [0.15, 0.2) is 30.9 Å². The van der Waals surface area contributed by atoms with Crippen LogP contribution in [0.2, 0.25) is 0 Å². The van der Waals surface area contributed by atoms with E-state index in [1.165, 1.54) is 6.33 Å². The zero-order chi connectivity index (χ0) is 17.3. The van der Waals surface area contributed by atoms with Gasteiger partial charge in [0.2, 0.25) is 0 Å². The van der Waals surface area contributed by atoms with Gasteiger partial charge in [-0.1, -0.05) is 18.2 Å². The zero-order valence-electron chi connectivity index (χ0n) is 14.3. The Morgan fingerprint density at radius 2 is 1.87 bits per heavy atom. The first-order chi connectivity index (χ1) is 10.7. The van der Waals surface area contributed by atoms with Crippen molar-refractivity contribution in [3.8, 4) is 6.07 Å². The van der Waals surface area contributed by atoms with E-state index >= 15 is 0 Å².